The molecule has 0 aliphatic rings. The minimum absolute atomic E-state index is 0.715. The van der Waals surface area contributed by atoms with Gasteiger partial charge in [-0.15, -0.1) is 5.10 Å². The average molecular weight is 273 g/mol. The second kappa shape index (κ2) is 3.71. The van der Waals surface area contributed by atoms with Crippen molar-refractivity contribution in [2.75, 3.05) is 0 Å². The van der Waals surface area contributed by atoms with Crippen molar-refractivity contribution < 1.29 is 0 Å². The molecule has 0 atom stereocenters. The lowest BCUT2D eigenvalue weighted by molar-refractivity contribution is 0.743. The lowest BCUT2D eigenvalue weighted by Gasteiger charge is -2.03. The first-order valence-corrected chi connectivity index (χ1v) is 5.18. The molecule has 0 spiro atoms. The minimum Gasteiger partial charge on any atom is -0.156 e. The zero-order chi connectivity index (χ0) is 10.1. The molecule has 0 saturated carbocycles. The van der Waals surface area contributed by atoms with Gasteiger partial charge in [0.2, 0.25) is 0 Å². The molecule has 2 aromatic rings. The fraction of sp³-hybridized carbons (Fsp3) is 0.111. The summed E-state index contributed by atoms with van der Waals surface area (Å²) in [6.07, 6.45) is 1.65. The van der Waals surface area contributed by atoms with Gasteiger partial charge in [-0.25, -0.2) is 0 Å². The standard InChI is InChI=1S/C9H7BrClN3/c1-6-4-7(11)2-3-8(6)14-12-5-9(10)13-14/h2-5H,1H3. The number of hydrogen-bond acceptors (Lipinski definition) is 2. The van der Waals surface area contributed by atoms with Crippen LogP contribution >= 0.6 is 27.5 Å². The van der Waals surface area contributed by atoms with Gasteiger partial charge in [0.15, 0.2) is 0 Å². The first kappa shape index (κ1) is 9.68. The lowest BCUT2D eigenvalue weighted by Crippen LogP contribution is -2.00. The normalized spacial score (nSPS) is 10.5. The van der Waals surface area contributed by atoms with E-state index in [9.17, 15) is 0 Å². The third kappa shape index (κ3) is 1.81. The highest BCUT2D eigenvalue weighted by molar-refractivity contribution is 9.10. The highest BCUT2D eigenvalue weighted by Crippen LogP contribution is 2.18. The van der Waals surface area contributed by atoms with Crippen molar-refractivity contribution in [3.05, 3.63) is 39.6 Å². The van der Waals surface area contributed by atoms with E-state index >= 15 is 0 Å². The summed E-state index contributed by atoms with van der Waals surface area (Å²) in [5, 5.41) is 8.96. The molecule has 1 aromatic carbocycles. The monoisotopic (exact) mass is 271 g/mol. The Labute approximate surface area is 94.8 Å². The van der Waals surface area contributed by atoms with Gasteiger partial charge in [-0.3, -0.25) is 0 Å². The van der Waals surface area contributed by atoms with Crippen molar-refractivity contribution in [1.82, 2.24) is 15.0 Å². The molecule has 72 valence electrons. The molecule has 0 aliphatic carbocycles. The van der Waals surface area contributed by atoms with E-state index in [1.165, 1.54) is 0 Å². The number of rotatable bonds is 1. The minimum atomic E-state index is 0.715. The Balaban J connectivity index is 2.52. The van der Waals surface area contributed by atoms with Gasteiger partial charge < -0.3 is 0 Å². The summed E-state index contributed by atoms with van der Waals surface area (Å²) in [6, 6.07) is 5.60. The van der Waals surface area contributed by atoms with E-state index in [2.05, 4.69) is 26.1 Å². The molecule has 0 aliphatic heterocycles. The van der Waals surface area contributed by atoms with Gasteiger partial charge in [0.1, 0.15) is 4.60 Å². The fourth-order valence-electron chi connectivity index (χ4n) is 1.20. The summed E-state index contributed by atoms with van der Waals surface area (Å²) in [6.45, 7) is 1.97. The van der Waals surface area contributed by atoms with Gasteiger partial charge in [0, 0.05) is 5.02 Å². The maximum absolute atomic E-state index is 5.85. The molecule has 0 radical (unpaired) electrons. The second-order valence-electron chi connectivity index (χ2n) is 2.89. The average Bonchev–Trinajstić information content (AvgIpc) is 2.51. The van der Waals surface area contributed by atoms with Crippen LogP contribution in [0.2, 0.25) is 5.02 Å². The first-order valence-electron chi connectivity index (χ1n) is 4.01. The van der Waals surface area contributed by atoms with E-state index in [1.54, 1.807) is 11.0 Å². The van der Waals surface area contributed by atoms with Gasteiger partial charge >= 0.3 is 0 Å². The molecule has 1 aromatic heterocycles. The smallest absolute Gasteiger partial charge is 0.148 e. The first-order chi connectivity index (χ1) is 6.66. The summed E-state index contributed by atoms with van der Waals surface area (Å²) in [7, 11) is 0. The molecule has 5 heteroatoms. The number of hydrogen-bond donors (Lipinski definition) is 0. The van der Waals surface area contributed by atoms with Crippen LogP contribution < -0.4 is 0 Å². The summed E-state index contributed by atoms with van der Waals surface area (Å²) in [4.78, 5) is 1.57. The van der Waals surface area contributed by atoms with Gasteiger partial charge in [0.05, 0.1) is 11.9 Å². The molecule has 0 amide bonds. The summed E-state index contributed by atoms with van der Waals surface area (Å²) in [5.41, 5.74) is 1.97. The van der Waals surface area contributed by atoms with Gasteiger partial charge in [-0.2, -0.15) is 9.90 Å². The van der Waals surface area contributed by atoms with Crippen LogP contribution in [0.3, 0.4) is 0 Å². The number of nitrogens with zero attached hydrogens (tertiary/aromatic N) is 3. The number of halogens is 2. The van der Waals surface area contributed by atoms with Crippen LogP contribution in [0.15, 0.2) is 29.0 Å². The third-order valence-corrected chi connectivity index (χ3v) is 2.44. The number of benzene rings is 1. The van der Waals surface area contributed by atoms with Gasteiger partial charge in [-0.1, -0.05) is 11.6 Å². The van der Waals surface area contributed by atoms with Crippen LogP contribution in [0.1, 0.15) is 5.56 Å². The maximum atomic E-state index is 5.85. The largest absolute Gasteiger partial charge is 0.156 e. The van der Waals surface area contributed by atoms with Crippen molar-refractivity contribution in [2.45, 2.75) is 6.92 Å². The SMILES string of the molecule is Cc1cc(Cl)ccc1-n1ncc(Br)n1. The van der Waals surface area contributed by atoms with Crippen LogP contribution in [0.4, 0.5) is 0 Å². The Morgan fingerprint density at radius 3 is 2.79 bits per heavy atom. The molecule has 2 rings (SSSR count). The maximum Gasteiger partial charge on any atom is 0.148 e. The van der Waals surface area contributed by atoms with Crippen LogP contribution in [0.25, 0.3) is 5.69 Å². The summed E-state index contributed by atoms with van der Waals surface area (Å²) >= 11 is 9.10. The molecule has 0 saturated heterocycles. The van der Waals surface area contributed by atoms with Crippen molar-refractivity contribution >= 4 is 27.5 Å². The fourth-order valence-corrected chi connectivity index (χ4v) is 1.67. The van der Waals surface area contributed by atoms with Crippen molar-refractivity contribution in [1.29, 1.82) is 0 Å². The van der Waals surface area contributed by atoms with E-state index < -0.39 is 0 Å². The van der Waals surface area contributed by atoms with Gasteiger partial charge in [-0.05, 0) is 46.6 Å². The highest BCUT2D eigenvalue weighted by Gasteiger charge is 2.04. The summed E-state index contributed by atoms with van der Waals surface area (Å²) < 4.78 is 0.715. The molecular formula is C9H7BrClN3. The zero-order valence-corrected chi connectivity index (χ0v) is 9.75. The van der Waals surface area contributed by atoms with E-state index in [1.807, 2.05) is 25.1 Å². The Hall–Kier alpha value is -0.870. The molecule has 3 nitrogen and oxygen atoms in total. The predicted molar refractivity (Wildman–Crippen MR) is 58.8 cm³/mol. The Bertz CT molecular complexity index is 467. The molecule has 1 heterocycles. The molecule has 0 unspecified atom stereocenters. The van der Waals surface area contributed by atoms with Crippen LogP contribution in [0.5, 0.6) is 0 Å². The van der Waals surface area contributed by atoms with Crippen LogP contribution in [-0.4, -0.2) is 15.0 Å². The Morgan fingerprint density at radius 2 is 2.21 bits per heavy atom. The number of aromatic nitrogens is 3. The predicted octanol–water partition coefficient (Wildman–Crippen LogP) is 2.99. The quantitative estimate of drug-likeness (QED) is 0.799. The van der Waals surface area contributed by atoms with E-state index in [4.69, 9.17) is 11.6 Å². The lowest BCUT2D eigenvalue weighted by atomic mass is 10.2. The molecule has 0 fully saturated rings. The van der Waals surface area contributed by atoms with Crippen molar-refractivity contribution in [3.8, 4) is 5.69 Å². The molecule has 0 N–H and O–H groups in total. The number of aryl methyl sites for hydroxylation is 1. The zero-order valence-electron chi connectivity index (χ0n) is 7.41. The van der Waals surface area contributed by atoms with E-state index in [-0.39, 0.29) is 0 Å². The van der Waals surface area contributed by atoms with Crippen molar-refractivity contribution in [2.24, 2.45) is 0 Å². The van der Waals surface area contributed by atoms with Crippen molar-refractivity contribution in [3.63, 3.8) is 0 Å². The van der Waals surface area contributed by atoms with Crippen LogP contribution in [-0.2, 0) is 0 Å². The van der Waals surface area contributed by atoms with E-state index in [0.717, 1.165) is 16.3 Å². The third-order valence-electron chi connectivity index (χ3n) is 1.84. The molecular weight excluding hydrogens is 265 g/mol. The van der Waals surface area contributed by atoms with Gasteiger partial charge in [0.25, 0.3) is 0 Å². The van der Waals surface area contributed by atoms with E-state index in [0.29, 0.717) is 4.60 Å². The summed E-state index contributed by atoms with van der Waals surface area (Å²) in [5.74, 6) is 0. The van der Waals surface area contributed by atoms with Crippen LogP contribution in [0, 0.1) is 6.92 Å². The Kier molecular flexibility index (Phi) is 2.56. The molecule has 0 bridgehead atoms. The highest BCUT2D eigenvalue weighted by atomic mass is 79.9. The molecule has 14 heavy (non-hydrogen) atoms. The topological polar surface area (TPSA) is 30.7 Å². The Morgan fingerprint density at radius 1 is 1.43 bits per heavy atom. The second-order valence-corrected chi connectivity index (χ2v) is 4.14.